The third kappa shape index (κ3) is 4.43. The van der Waals surface area contributed by atoms with Crippen molar-refractivity contribution in [2.24, 2.45) is 5.92 Å². The molecule has 1 aliphatic rings. The van der Waals surface area contributed by atoms with Crippen molar-refractivity contribution >= 4 is 0 Å². The molecule has 1 fully saturated rings. The topological polar surface area (TPSA) is 29.5 Å². The Morgan fingerprint density at radius 2 is 1.89 bits per heavy atom. The molecule has 1 unspecified atom stereocenters. The first kappa shape index (κ1) is 13.6. The average molecular weight is 248 g/mol. The summed E-state index contributed by atoms with van der Waals surface area (Å²) in [6.07, 6.45) is 6.74. The highest BCUT2D eigenvalue weighted by Gasteiger charge is 2.22. The van der Waals surface area contributed by atoms with Gasteiger partial charge in [0.2, 0.25) is 0 Å². The zero-order valence-corrected chi connectivity index (χ0v) is 11.1. The van der Waals surface area contributed by atoms with Gasteiger partial charge in [-0.1, -0.05) is 43.2 Å². The molecule has 0 saturated heterocycles. The zero-order chi connectivity index (χ0) is 12.6. The van der Waals surface area contributed by atoms with Crippen molar-refractivity contribution in [3.05, 3.63) is 35.9 Å². The third-order valence-corrected chi connectivity index (χ3v) is 3.83. The predicted molar refractivity (Wildman–Crippen MR) is 73.5 cm³/mol. The van der Waals surface area contributed by atoms with Crippen LogP contribution in [0.1, 0.15) is 37.7 Å². The molecule has 2 rings (SSSR count). The Morgan fingerprint density at radius 1 is 1.17 bits per heavy atom. The molecule has 1 aromatic rings. The van der Waals surface area contributed by atoms with Crippen LogP contribution in [0.5, 0.6) is 0 Å². The quantitative estimate of drug-likeness (QED) is 0.751. The summed E-state index contributed by atoms with van der Waals surface area (Å²) < 4.78 is 5.58. The molecule has 1 N–H and O–H groups in total. The van der Waals surface area contributed by atoms with Crippen LogP contribution < -0.4 is 0 Å². The SMILES string of the molecule is OC(COCCCc1ccccc1)C1CCCC1. The molecule has 2 nitrogen and oxygen atoms in total. The van der Waals surface area contributed by atoms with Crippen LogP contribution in [0.3, 0.4) is 0 Å². The minimum Gasteiger partial charge on any atom is -0.390 e. The van der Waals surface area contributed by atoms with E-state index < -0.39 is 0 Å². The lowest BCUT2D eigenvalue weighted by molar-refractivity contribution is 0.00567. The molecule has 0 spiro atoms. The first-order valence-corrected chi connectivity index (χ1v) is 7.16. The number of hydrogen-bond acceptors (Lipinski definition) is 2. The summed E-state index contributed by atoms with van der Waals surface area (Å²) in [4.78, 5) is 0. The number of ether oxygens (including phenoxy) is 1. The van der Waals surface area contributed by atoms with E-state index in [2.05, 4.69) is 24.3 Å². The molecule has 2 heteroatoms. The average Bonchev–Trinajstić information content (AvgIpc) is 2.93. The predicted octanol–water partition coefficient (Wildman–Crippen LogP) is 3.19. The van der Waals surface area contributed by atoms with Crippen molar-refractivity contribution in [1.29, 1.82) is 0 Å². The van der Waals surface area contributed by atoms with Gasteiger partial charge in [-0.3, -0.25) is 0 Å². The maximum absolute atomic E-state index is 9.94. The smallest absolute Gasteiger partial charge is 0.0801 e. The monoisotopic (exact) mass is 248 g/mol. The molecule has 1 saturated carbocycles. The van der Waals surface area contributed by atoms with Gasteiger partial charge < -0.3 is 9.84 Å². The normalized spacial score (nSPS) is 18.1. The second kappa shape index (κ2) is 7.55. The molecule has 0 aliphatic heterocycles. The molecule has 1 aromatic carbocycles. The van der Waals surface area contributed by atoms with E-state index in [0.29, 0.717) is 12.5 Å². The van der Waals surface area contributed by atoms with Gasteiger partial charge in [0.25, 0.3) is 0 Å². The number of rotatable bonds is 7. The van der Waals surface area contributed by atoms with Crippen molar-refractivity contribution in [3.8, 4) is 0 Å². The van der Waals surface area contributed by atoms with Crippen LogP contribution in [0.2, 0.25) is 0 Å². The summed E-state index contributed by atoms with van der Waals surface area (Å²) in [6.45, 7) is 1.26. The Kier molecular flexibility index (Phi) is 5.69. The van der Waals surface area contributed by atoms with Crippen molar-refractivity contribution in [2.75, 3.05) is 13.2 Å². The van der Waals surface area contributed by atoms with Gasteiger partial charge in [-0.2, -0.15) is 0 Å². The minimum atomic E-state index is -0.246. The van der Waals surface area contributed by atoms with E-state index in [1.165, 1.54) is 31.2 Å². The summed E-state index contributed by atoms with van der Waals surface area (Å²) in [7, 11) is 0. The van der Waals surface area contributed by atoms with Crippen molar-refractivity contribution in [1.82, 2.24) is 0 Å². The fourth-order valence-electron chi connectivity index (χ4n) is 2.71. The fraction of sp³-hybridized carbons (Fsp3) is 0.625. The first-order valence-electron chi connectivity index (χ1n) is 7.16. The Morgan fingerprint density at radius 3 is 2.61 bits per heavy atom. The number of hydrogen-bond donors (Lipinski definition) is 1. The van der Waals surface area contributed by atoms with E-state index in [-0.39, 0.29) is 6.10 Å². The molecular weight excluding hydrogens is 224 g/mol. The van der Waals surface area contributed by atoms with Crippen molar-refractivity contribution < 1.29 is 9.84 Å². The minimum absolute atomic E-state index is 0.246. The van der Waals surface area contributed by atoms with E-state index >= 15 is 0 Å². The van der Waals surface area contributed by atoms with Crippen LogP contribution in [-0.4, -0.2) is 24.4 Å². The summed E-state index contributed by atoms with van der Waals surface area (Å²) in [5.41, 5.74) is 1.36. The highest BCUT2D eigenvalue weighted by molar-refractivity contribution is 5.14. The first-order chi connectivity index (χ1) is 8.86. The van der Waals surface area contributed by atoms with Crippen LogP contribution in [0.15, 0.2) is 30.3 Å². The van der Waals surface area contributed by atoms with Gasteiger partial charge in [-0.15, -0.1) is 0 Å². The van der Waals surface area contributed by atoms with Crippen molar-refractivity contribution in [2.45, 2.75) is 44.6 Å². The molecule has 1 atom stereocenters. The summed E-state index contributed by atoms with van der Waals surface area (Å²) >= 11 is 0. The van der Waals surface area contributed by atoms with Gasteiger partial charge in [-0.05, 0) is 37.2 Å². The molecule has 1 aliphatic carbocycles. The van der Waals surface area contributed by atoms with Gasteiger partial charge >= 0.3 is 0 Å². The van der Waals surface area contributed by atoms with Crippen molar-refractivity contribution in [3.63, 3.8) is 0 Å². The Labute approximate surface area is 110 Å². The molecule has 18 heavy (non-hydrogen) atoms. The molecule has 0 heterocycles. The van der Waals surface area contributed by atoms with Crippen LogP contribution in [0.25, 0.3) is 0 Å². The van der Waals surface area contributed by atoms with Gasteiger partial charge in [0.1, 0.15) is 0 Å². The highest BCUT2D eigenvalue weighted by Crippen LogP contribution is 2.27. The van der Waals surface area contributed by atoms with E-state index in [1.54, 1.807) is 0 Å². The molecular formula is C16H24O2. The Balaban J connectivity index is 1.53. The molecule has 0 radical (unpaired) electrons. The van der Waals surface area contributed by atoms with E-state index in [1.807, 2.05) is 6.07 Å². The zero-order valence-electron chi connectivity index (χ0n) is 11.1. The third-order valence-electron chi connectivity index (χ3n) is 3.83. The molecule has 0 amide bonds. The largest absolute Gasteiger partial charge is 0.390 e. The maximum atomic E-state index is 9.94. The van der Waals surface area contributed by atoms with Crippen LogP contribution in [0, 0.1) is 5.92 Å². The second-order valence-electron chi connectivity index (χ2n) is 5.28. The second-order valence-corrected chi connectivity index (χ2v) is 5.28. The maximum Gasteiger partial charge on any atom is 0.0801 e. The molecule has 0 aromatic heterocycles. The summed E-state index contributed by atoms with van der Waals surface area (Å²) in [5, 5.41) is 9.94. The number of aliphatic hydroxyl groups is 1. The number of aliphatic hydroxyl groups excluding tert-OH is 1. The number of benzene rings is 1. The number of aryl methyl sites for hydroxylation is 1. The fourth-order valence-corrected chi connectivity index (χ4v) is 2.71. The van der Waals surface area contributed by atoms with Gasteiger partial charge in [0.15, 0.2) is 0 Å². The van der Waals surface area contributed by atoms with E-state index in [0.717, 1.165) is 19.4 Å². The Bertz CT molecular complexity index is 317. The lowest BCUT2D eigenvalue weighted by Gasteiger charge is -2.17. The highest BCUT2D eigenvalue weighted by atomic mass is 16.5. The molecule has 0 bridgehead atoms. The van der Waals surface area contributed by atoms with E-state index in [9.17, 15) is 5.11 Å². The van der Waals surface area contributed by atoms with Crippen LogP contribution in [0.4, 0.5) is 0 Å². The Hall–Kier alpha value is -0.860. The van der Waals surface area contributed by atoms with Gasteiger partial charge in [-0.25, -0.2) is 0 Å². The van der Waals surface area contributed by atoms with Gasteiger partial charge in [0.05, 0.1) is 12.7 Å². The standard InChI is InChI=1S/C16H24O2/c17-16(15-10-4-5-11-15)13-18-12-6-9-14-7-2-1-3-8-14/h1-3,7-8,15-17H,4-6,9-13H2. The van der Waals surface area contributed by atoms with Crippen LogP contribution >= 0.6 is 0 Å². The van der Waals surface area contributed by atoms with E-state index in [4.69, 9.17) is 4.74 Å². The van der Waals surface area contributed by atoms with Gasteiger partial charge in [0, 0.05) is 6.61 Å². The summed E-state index contributed by atoms with van der Waals surface area (Å²) in [5.74, 6) is 0.485. The lowest BCUT2D eigenvalue weighted by atomic mass is 10.0. The lowest BCUT2D eigenvalue weighted by Crippen LogP contribution is -2.24. The molecule has 100 valence electrons. The summed E-state index contributed by atoms with van der Waals surface area (Å²) in [6, 6.07) is 10.5. The van der Waals surface area contributed by atoms with Crippen LogP contribution in [-0.2, 0) is 11.2 Å².